The molecule has 1 N–H and O–H groups in total. The van der Waals surface area contributed by atoms with Gasteiger partial charge in [0.05, 0.1) is 6.61 Å². The summed E-state index contributed by atoms with van der Waals surface area (Å²) in [6.07, 6.45) is 0. The second-order valence-corrected chi connectivity index (χ2v) is 1.29. The molecule has 0 heterocycles. The molecule has 0 aromatic rings. The van der Waals surface area contributed by atoms with Gasteiger partial charge in [0.1, 0.15) is 6.61 Å². The van der Waals surface area contributed by atoms with Crippen LogP contribution in [0, 0.1) is 5.41 Å². The van der Waals surface area contributed by atoms with Crippen molar-refractivity contribution in [3.05, 3.63) is 0 Å². The van der Waals surface area contributed by atoms with E-state index in [1.807, 2.05) is 6.92 Å². The van der Waals surface area contributed by atoms with Gasteiger partial charge in [-0.2, -0.15) is 0 Å². The van der Waals surface area contributed by atoms with Gasteiger partial charge in [0.2, 0.25) is 5.90 Å². The highest BCUT2D eigenvalue weighted by Gasteiger charge is 1.90. The number of hydrogen-bond donors (Lipinski definition) is 1. The lowest BCUT2D eigenvalue weighted by Crippen LogP contribution is -2.09. The van der Waals surface area contributed by atoms with Crippen LogP contribution in [0.2, 0.25) is 0 Å². The van der Waals surface area contributed by atoms with E-state index in [1.54, 1.807) is 0 Å². The number of methoxy groups -OCH3 is 1. The Labute approximate surface area is 61.3 Å². The van der Waals surface area contributed by atoms with E-state index < -0.39 is 0 Å². The van der Waals surface area contributed by atoms with E-state index in [0.717, 1.165) is 0 Å². The maximum absolute atomic E-state index is 6.94. The molecule has 0 aliphatic heterocycles. The third-order valence-corrected chi connectivity index (χ3v) is 0.594. The number of halogens is 1. The van der Waals surface area contributed by atoms with Crippen LogP contribution in [0.3, 0.4) is 0 Å². The van der Waals surface area contributed by atoms with Crippen molar-refractivity contribution in [1.29, 1.82) is 5.41 Å². The van der Waals surface area contributed by atoms with Gasteiger partial charge in [0, 0.05) is 7.11 Å². The summed E-state index contributed by atoms with van der Waals surface area (Å²) in [4.78, 5) is 0. The normalized spacial score (nSPS) is 7.78. The molecular formula is C5H12ClNO2. The minimum Gasteiger partial charge on any atom is -0.480 e. The van der Waals surface area contributed by atoms with Gasteiger partial charge in [-0.1, -0.05) is 0 Å². The lowest BCUT2D eigenvalue weighted by Gasteiger charge is -2.00. The van der Waals surface area contributed by atoms with Gasteiger partial charge in [-0.15, -0.1) is 12.4 Å². The summed E-state index contributed by atoms with van der Waals surface area (Å²) >= 11 is 0. The maximum Gasteiger partial charge on any atom is 0.207 e. The van der Waals surface area contributed by atoms with Crippen molar-refractivity contribution in [3.63, 3.8) is 0 Å². The van der Waals surface area contributed by atoms with Gasteiger partial charge in [-0.25, -0.2) is 0 Å². The van der Waals surface area contributed by atoms with Crippen LogP contribution >= 0.6 is 12.4 Å². The molecule has 0 rings (SSSR count). The predicted molar refractivity (Wildman–Crippen MR) is 38.5 cm³/mol. The molecule has 0 spiro atoms. The van der Waals surface area contributed by atoms with Crippen molar-refractivity contribution >= 4 is 18.3 Å². The average molecular weight is 154 g/mol. The first-order chi connectivity index (χ1) is 3.81. The molecule has 0 aliphatic rings. The number of ether oxygens (including phenoxy) is 2. The molecule has 0 aromatic carbocycles. The van der Waals surface area contributed by atoms with E-state index in [2.05, 4.69) is 4.74 Å². The van der Waals surface area contributed by atoms with E-state index >= 15 is 0 Å². The lowest BCUT2D eigenvalue weighted by atomic mass is 10.7. The van der Waals surface area contributed by atoms with Crippen LogP contribution in [-0.4, -0.2) is 26.2 Å². The Morgan fingerprint density at radius 2 is 2.11 bits per heavy atom. The Morgan fingerprint density at radius 3 is 2.44 bits per heavy atom. The molecule has 9 heavy (non-hydrogen) atoms. The Kier molecular flexibility index (Phi) is 9.87. The molecule has 0 saturated carbocycles. The molecule has 3 nitrogen and oxygen atoms in total. The smallest absolute Gasteiger partial charge is 0.207 e. The lowest BCUT2D eigenvalue weighted by molar-refractivity contribution is 0.206. The topological polar surface area (TPSA) is 42.3 Å². The van der Waals surface area contributed by atoms with Crippen molar-refractivity contribution in [2.45, 2.75) is 6.92 Å². The second kappa shape index (κ2) is 7.72. The average Bonchev–Trinajstić information content (AvgIpc) is 1.68. The van der Waals surface area contributed by atoms with Crippen LogP contribution < -0.4 is 0 Å². The molecule has 0 saturated heterocycles. The third-order valence-electron chi connectivity index (χ3n) is 0.594. The molecule has 56 valence electrons. The fraction of sp³-hybridized carbons (Fsp3) is 0.800. The summed E-state index contributed by atoms with van der Waals surface area (Å²) in [7, 11) is 1.54. The van der Waals surface area contributed by atoms with Gasteiger partial charge in [-0.05, 0) is 6.92 Å². The second-order valence-electron chi connectivity index (χ2n) is 1.29. The zero-order chi connectivity index (χ0) is 6.41. The number of rotatable bonds is 3. The molecule has 0 amide bonds. The highest BCUT2D eigenvalue weighted by atomic mass is 35.5. The van der Waals surface area contributed by atoms with Crippen molar-refractivity contribution in [2.75, 3.05) is 20.3 Å². The summed E-state index contributed by atoms with van der Waals surface area (Å²) in [5.41, 5.74) is 0. The summed E-state index contributed by atoms with van der Waals surface area (Å²) in [6, 6.07) is 0. The van der Waals surface area contributed by atoms with Crippen LogP contribution in [0.15, 0.2) is 0 Å². The highest BCUT2D eigenvalue weighted by molar-refractivity contribution is 5.85. The van der Waals surface area contributed by atoms with Gasteiger partial charge in [0.25, 0.3) is 0 Å². The summed E-state index contributed by atoms with van der Waals surface area (Å²) in [6.45, 7) is 2.65. The molecule has 0 aliphatic carbocycles. The number of hydrogen-bond acceptors (Lipinski definition) is 3. The SMILES string of the molecule is CCOC(=N)COC.Cl. The van der Waals surface area contributed by atoms with Gasteiger partial charge >= 0.3 is 0 Å². The Bertz CT molecular complexity index is 69.4. The third kappa shape index (κ3) is 7.72. The Balaban J connectivity index is 0. The van der Waals surface area contributed by atoms with Crippen LogP contribution in [-0.2, 0) is 9.47 Å². The first-order valence-corrected chi connectivity index (χ1v) is 2.50. The molecule has 0 bridgehead atoms. The summed E-state index contributed by atoms with van der Waals surface area (Å²) < 4.78 is 9.35. The van der Waals surface area contributed by atoms with Gasteiger partial charge in [0.15, 0.2) is 0 Å². The predicted octanol–water partition coefficient (Wildman–Crippen LogP) is 1.07. The Hall–Kier alpha value is -0.280. The maximum atomic E-state index is 6.94. The van der Waals surface area contributed by atoms with Crippen LogP contribution in [0.1, 0.15) is 6.92 Å². The Morgan fingerprint density at radius 1 is 1.56 bits per heavy atom. The fourth-order valence-electron chi connectivity index (χ4n) is 0.347. The number of nitrogens with one attached hydrogen (secondary N) is 1. The zero-order valence-electron chi connectivity index (χ0n) is 5.64. The minimum absolute atomic E-state index is 0. The van der Waals surface area contributed by atoms with E-state index in [4.69, 9.17) is 10.1 Å². The first-order valence-electron chi connectivity index (χ1n) is 2.50. The quantitative estimate of drug-likeness (QED) is 0.487. The van der Waals surface area contributed by atoms with Crippen LogP contribution in [0.5, 0.6) is 0 Å². The monoisotopic (exact) mass is 153 g/mol. The largest absolute Gasteiger partial charge is 0.480 e. The van der Waals surface area contributed by atoms with Crippen molar-refractivity contribution in [2.24, 2.45) is 0 Å². The molecule has 4 heteroatoms. The van der Waals surface area contributed by atoms with Gasteiger partial charge in [-0.3, -0.25) is 5.41 Å². The van der Waals surface area contributed by atoms with E-state index in [9.17, 15) is 0 Å². The molecule has 0 unspecified atom stereocenters. The molecule has 0 radical (unpaired) electrons. The first kappa shape index (κ1) is 11.5. The van der Waals surface area contributed by atoms with E-state index in [0.29, 0.717) is 6.61 Å². The van der Waals surface area contributed by atoms with E-state index in [1.165, 1.54) is 7.11 Å². The van der Waals surface area contributed by atoms with Crippen LogP contribution in [0.4, 0.5) is 0 Å². The summed E-state index contributed by atoms with van der Waals surface area (Å²) in [5, 5.41) is 6.94. The van der Waals surface area contributed by atoms with Crippen LogP contribution in [0.25, 0.3) is 0 Å². The highest BCUT2D eigenvalue weighted by Crippen LogP contribution is 1.77. The molecule has 0 fully saturated rings. The zero-order valence-corrected chi connectivity index (χ0v) is 6.46. The molecule has 0 atom stereocenters. The molecular weight excluding hydrogens is 142 g/mol. The van der Waals surface area contributed by atoms with E-state index in [-0.39, 0.29) is 24.9 Å². The van der Waals surface area contributed by atoms with Gasteiger partial charge < -0.3 is 9.47 Å². The molecule has 0 aromatic heterocycles. The van der Waals surface area contributed by atoms with Crippen molar-refractivity contribution < 1.29 is 9.47 Å². The minimum atomic E-state index is 0. The van der Waals surface area contributed by atoms with Crippen molar-refractivity contribution in [3.8, 4) is 0 Å². The van der Waals surface area contributed by atoms with Crippen molar-refractivity contribution in [1.82, 2.24) is 0 Å². The fourth-order valence-corrected chi connectivity index (χ4v) is 0.347. The summed E-state index contributed by atoms with van der Waals surface area (Å²) in [5.74, 6) is 0.190. The standard InChI is InChI=1S/C5H11NO2.ClH/c1-3-8-5(6)4-7-2;/h6H,3-4H2,1-2H3;1H.